The van der Waals surface area contributed by atoms with Gasteiger partial charge in [-0.25, -0.2) is 15.0 Å². The maximum Gasteiger partial charge on any atom is 0.164 e. The minimum atomic E-state index is -0.968. The standard InChI is InChI=1S/C118H78N4/c1-11-33-79(34-12-1)93-63-94(80-35-13-2-14-36-80)68-101(67-93)87-49-31-51-90(61-87)115-119-116(91-52-32-50-88(62-91)102-69-95(81-37-15-3-16-38-81)64-96(70-102)82-39-17-4-18-40-82)121-117(120-115)92-58-60-113-110(77-92)118(106-53-27-9-28-54-106,107-55-29-10-30-56-107)111-78-105(104-73-99(85-45-23-7-24-46-85)66-100(74-104)86-47-25-8-26-48-86)76-109-108-75-89(57-59-112(108)122(113)114(109)111)103-71-97(83-41-19-5-20-42-83)65-98(72-103)84-43-21-6-22-44-84/h1-78H. The fourth-order valence-electron chi connectivity index (χ4n) is 18.5. The van der Waals surface area contributed by atoms with Crippen molar-refractivity contribution in [1.29, 1.82) is 0 Å². The lowest BCUT2D eigenvalue weighted by Gasteiger charge is -2.42. The maximum atomic E-state index is 5.78. The molecule has 19 aromatic carbocycles. The first kappa shape index (κ1) is 72.4. The van der Waals surface area contributed by atoms with Gasteiger partial charge in [0.2, 0.25) is 0 Å². The Morgan fingerprint density at radius 3 is 0.697 bits per heavy atom. The summed E-state index contributed by atoms with van der Waals surface area (Å²) in [6, 6.07) is 173. The SMILES string of the molecule is c1ccc(-c2cc(-c3ccccc3)cc(-c3cccc(-c4nc(-c5cccc(-c6cc(-c7ccccc7)cc(-c7ccccc7)c6)c5)nc(-c5ccc6c(c5)C(c5ccccc5)(c5ccccc5)c5cc(-c7cc(-c8ccccc8)cc(-c8ccccc8)c7)cc7c8cc(-c9cc(-c%10ccccc%10)cc(-c%10ccccc%10)c9)ccc8n-6c57)n4)c3)c2)cc1. The van der Waals surface area contributed by atoms with Crippen molar-refractivity contribution in [1.82, 2.24) is 19.5 Å². The van der Waals surface area contributed by atoms with Crippen LogP contribution in [0, 0.1) is 0 Å². The molecule has 2 aromatic heterocycles. The quantitative estimate of drug-likeness (QED) is 0.0912. The van der Waals surface area contributed by atoms with E-state index < -0.39 is 5.41 Å². The molecule has 1 aliphatic rings. The van der Waals surface area contributed by atoms with Gasteiger partial charge in [-0.05, 0) is 283 Å². The summed E-state index contributed by atoms with van der Waals surface area (Å²) in [5, 5.41) is 2.29. The second kappa shape index (κ2) is 31.1. The first-order valence-corrected chi connectivity index (χ1v) is 41.8. The first-order chi connectivity index (χ1) is 60.4. The number of aromatic nitrogens is 4. The summed E-state index contributed by atoms with van der Waals surface area (Å²) in [5.74, 6) is 1.64. The molecule has 0 bridgehead atoms. The predicted molar refractivity (Wildman–Crippen MR) is 508 cm³/mol. The van der Waals surface area contributed by atoms with E-state index in [1.165, 1.54) is 0 Å². The van der Waals surface area contributed by atoms with E-state index in [1.807, 2.05) is 0 Å². The zero-order chi connectivity index (χ0) is 80.9. The van der Waals surface area contributed by atoms with E-state index in [0.717, 1.165) is 200 Å². The van der Waals surface area contributed by atoms with Crippen molar-refractivity contribution in [3.05, 3.63) is 495 Å². The van der Waals surface area contributed by atoms with Crippen LogP contribution >= 0.6 is 0 Å². The van der Waals surface area contributed by atoms with Gasteiger partial charge in [0.25, 0.3) is 0 Å². The minimum absolute atomic E-state index is 0.541. The van der Waals surface area contributed by atoms with Crippen LogP contribution in [0.3, 0.4) is 0 Å². The van der Waals surface area contributed by atoms with Gasteiger partial charge >= 0.3 is 0 Å². The fraction of sp³-hybridized carbons (Fsp3) is 0.00847. The molecule has 0 spiro atoms. The number of hydrogen-bond acceptors (Lipinski definition) is 3. The molecule has 0 saturated heterocycles. The number of benzene rings is 19. The molecule has 0 radical (unpaired) electrons. The molecular weight excluding hydrogens is 1470 g/mol. The fourth-order valence-corrected chi connectivity index (χ4v) is 18.5. The van der Waals surface area contributed by atoms with E-state index in [9.17, 15) is 0 Å². The van der Waals surface area contributed by atoms with Crippen LogP contribution < -0.4 is 0 Å². The number of fused-ring (bicyclic) bond motifs is 5. The predicted octanol–water partition coefficient (Wildman–Crippen LogP) is 30.7. The van der Waals surface area contributed by atoms with E-state index in [2.05, 4.69) is 478 Å². The molecule has 0 saturated carbocycles. The van der Waals surface area contributed by atoms with Crippen LogP contribution in [0.1, 0.15) is 22.3 Å². The molecule has 570 valence electrons. The summed E-state index contributed by atoms with van der Waals surface area (Å²) in [6.07, 6.45) is 0. The van der Waals surface area contributed by atoms with Gasteiger partial charge in [0.15, 0.2) is 17.5 Å². The van der Waals surface area contributed by atoms with Crippen LogP contribution in [0.5, 0.6) is 0 Å². The van der Waals surface area contributed by atoms with Crippen molar-refractivity contribution in [2.75, 3.05) is 0 Å². The summed E-state index contributed by atoms with van der Waals surface area (Å²) in [4.78, 5) is 17.2. The summed E-state index contributed by atoms with van der Waals surface area (Å²) < 4.78 is 2.57. The van der Waals surface area contributed by atoms with Gasteiger partial charge in [-0.1, -0.05) is 346 Å². The molecule has 1 aliphatic heterocycles. The highest BCUT2D eigenvalue weighted by Gasteiger charge is 2.46. The summed E-state index contributed by atoms with van der Waals surface area (Å²) >= 11 is 0. The molecule has 3 heterocycles. The van der Waals surface area contributed by atoms with Crippen LogP contribution in [0.15, 0.2) is 473 Å². The highest BCUT2D eigenvalue weighted by atomic mass is 15.0. The lowest BCUT2D eigenvalue weighted by Crippen LogP contribution is -2.35. The Morgan fingerprint density at radius 2 is 0.377 bits per heavy atom. The highest BCUT2D eigenvalue weighted by Crippen LogP contribution is 2.57. The van der Waals surface area contributed by atoms with Crippen LogP contribution in [-0.4, -0.2) is 19.5 Å². The molecule has 4 nitrogen and oxygen atoms in total. The lowest BCUT2D eigenvalue weighted by atomic mass is 9.62. The molecule has 0 fully saturated rings. The van der Waals surface area contributed by atoms with Gasteiger partial charge < -0.3 is 4.57 Å². The van der Waals surface area contributed by atoms with E-state index in [1.54, 1.807) is 0 Å². The average molecular weight is 1550 g/mol. The van der Waals surface area contributed by atoms with Crippen molar-refractivity contribution in [3.63, 3.8) is 0 Å². The molecule has 4 heteroatoms. The van der Waals surface area contributed by atoms with Crippen molar-refractivity contribution in [3.8, 4) is 173 Å². The highest BCUT2D eigenvalue weighted by molar-refractivity contribution is 6.15. The smallest absolute Gasteiger partial charge is 0.164 e. The molecule has 21 aromatic rings. The molecule has 0 unspecified atom stereocenters. The Hall–Kier alpha value is -16.0. The van der Waals surface area contributed by atoms with Crippen LogP contribution in [0.2, 0.25) is 0 Å². The zero-order valence-electron chi connectivity index (χ0n) is 66.8. The lowest BCUT2D eigenvalue weighted by molar-refractivity contribution is 0.728. The Balaban J connectivity index is 0.798. The van der Waals surface area contributed by atoms with E-state index >= 15 is 0 Å². The van der Waals surface area contributed by atoms with Crippen molar-refractivity contribution < 1.29 is 0 Å². The topological polar surface area (TPSA) is 43.6 Å². The number of hydrogen-bond donors (Lipinski definition) is 0. The summed E-state index contributed by atoms with van der Waals surface area (Å²) in [6.45, 7) is 0. The Morgan fingerprint density at radius 1 is 0.156 bits per heavy atom. The average Bonchev–Trinajstić information content (AvgIpc) is 1.42. The first-order valence-electron chi connectivity index (χ1n) is 41.8. The Labute approximate surface area is 710 Å². The van der Waals surface area contributed by atoms with Crippen molar-refractivity contribution in [2.45, 2.75) is 5.41 Å². The molecule has 22 rings (SSSR count). The summed E-state index contributed by atoms with van der Waals surface area (Å²) in [5.41, 5.74) is 36.4. The second-order valence-electron chi connectivity index (χ2n) is 31.8. The van der Waals surface area contributed by atoms with Gasteiger partial charge in [0, 0.05) is 27.5 Å². The summed E-state index contributed by atoms with van der Waals surface area (Å²) in [7, 11) is 0. The third kappa shape index (κ3) is 13.5. The van der Waals surface area contributed by atoms with Gasteiger partial charge in [-0.15, -0.1) is 0 Å². The van der Waals surface area contributed by atoms with Crippen LogP contribution in [-0.2, 0) is 5.41 Å². The van der Waals surface area contributed by atoms with Crippen LogP contribution in [0.4, 0.5) is 0 Å². The third-order valence-electron chi connectivity index (χ3n) is 24.4. The van der Waals surface area contributed by atoms with Gasteiger partial charge in [0.1, 0.15) is 0 Å². The maximum absolute atomic E-state index is 5.78. The molecule has 0 aliphatic carbocycles. The minimum Gasteiger partial charge on any atom is -0.309 e. The number of nitrogens with zero attached hydrogens (tertiary/aromatic N) is 4. The van der Waals surface area contributed by atoms with E-state index in [0.29, 0.717) is 17.5 Å². The van der Waals surface area contributed by atoms with Crippen LogP contribution in [0.25, 0.3) is 195 Å². The third-order valence-corrected chi connectivity index (χ3v) is 24.4. The normalized spacial score (nSPS) is 12.0. The van der Waals surface area contributed by atoms with Gasteiger partial charge in [-0.3, -0.25) is 0 Å². The van der Waals surface area contributed by atoms with Gasteiger partial charge in [0.05, 0.1) is 22.1 Å². The molecule has 0 amide bonds. The monoisotopic (exact) mass is 1550 g/mol. The van der Waals surface area contributed by atoms with E-state index in [-0.39, 0.29) is 0 Å². The largest absolute Gasteiger partial charge is 0.309 e. The van der Waals surface area contributed by atoms with Crippen molar-refractivity contribution >= 4 is 21.8 Å². The molecule has 0 N–H and O–H groups in total. The Kier molecular flexibility index (Phi) is 18.5. The van der Waals surface area contributed by atoms with E-state index in [4.69, 9.17) is 15.0 Å². The van der Waals surface area contributed by atoms with Crippen molar-refractivity contribution in [2.24, 2.45) is 0 Å². The molecular formula is C118H78N4. The van der Waals surface area contributed by atoms with Gasteiger partial charge in [-0.2, -0.15) is 0 Å². The number of rotatable bonds is 17. The second-order valence-corrected chi connectivity index (χ2v) is 31.8. The zero-order valence-corrected chi connectivity index (χ0v) is 66.8. The Bertz CT molecular complexity index is 7020. The molecule has 0 atom stereocenters. The molecule has 122 heavy (non-hydrogen) atoms.